The molecule has 1 aliphatic heterocycles. The molecule has 0 bridgehead atoms. The number of nitrogens with two attached hydrogens (primary N) is 1. The number of nitrogens with zero attached hydrogens (tertiary/aromatic N) is 1. The van der Waals surface area contributed by atoms with Crippen molar-refractivity contribution >= 4 is 17.5 Å². The summed E-state index contributed by atoms with van der Waals surface area (Å²) in [6.07, 6.45) is 2.58. The number of halogens is 1. The van der Waals surface area contributed by atoms with Gasteiger partial charge in [-0.1, -0.05) is 13.3 Å². The number of hydrogen-bond donors (Lipinski definition) is 1. The number of hydrogen-bond acceptors (Lipinski definition) is 2. The highest BCUT2D eigenvalue weighted by Gasteiger charge is 2.27. The van der Waals surface area contributed by atoms with Gasteiger partial charge in [0.1, 0.15) is 0 Å². The fourth-order valence-corrected chi connectivity index (χ4v) is 2.16. The molecule has 0 aliphatic carbocycles. The number of amides is 1. The number of alkyl halides is 1. The van der Waals surface area contributed by atoms with Crippen LogP contribution in [-0.2, 0) is 4.79 Å². The monoisotopic (exact) mass is 218 g/mol. The van der Waals surface area contributed by atoms with Gasteiger partial charge in [0.25, 0.3) is 0 Å². The van der Waals surface area contributed by atoms with Gasteiger partial charge in [-0.05, 0) is 12.3 Å². The predicted octanol–water partition coefficient (Wildman–Crippen LogP) is 1.20. The lowest BCUT2D eigenvalue weighted by Gasteiger charge is -2.36. The van der Waals surface area contributed by atoms with E-state index >= 15 is 0 Å². The highest BCUT2D eigenvalue weighted by Crippen LogP contribution is 2.19. The van der Waals surface area contributed by atoms with Crippen LogP contribution in [0, 0.1) is 5.92 Å². The predicted molar refractivity (Wildman–Crippen MR) is 58.3 cm³/mol. The highest BCUT2D eigenvalue weighted by atomic mass is 35.5. The average Bonchev–Trinajstić information content (AvgIpc) is 2.18. The number of piperidine rings is 1. The van der Waals surface area contributed by atoms with Gasteiger partial charge in [0.15, 0.2) is 0 Å². The SMILES string of the molecule is CCC1CCN(C(=O)CCCl)CC1N. The first-order chi connectivity index (χ1) is 6.69. The first kappa shape index (κ1) is 11.8. The Kier molecular flexibility index (Phi) is 4.69. The molecule has 2 atom stereocenters. The Morgan fingerprint density at radius 2 is 2.36 bits per heavy atom. The first-order valence-electron chi connectivity index (χ1n) is 5.28. The third kappa shape index (κ3) is 2.85. The Morgan fingerprint density at radius 3 is 2.86 bits per heavy atom. The molecule has 0 aromatic carbocycles. The molecule has 1 saturated heterocycles. The van der Waals surface area contributed by atoms with Gasteiger partial charge in [0.05, 0.1) is 0 Å². The van der Waals surface area contributed by atoms with Crippen molar-refractivity contribution in [1.82, 2.24) is 4.90 Å². The van der Waals surface area contributed by atoms with Crippen molar-refractivity contribution in [1.29, 1.82) is 0 Å². The van der Waals surface area contributed by atoms with Crippen LogP contribution in [0.25, 0.3) is 0 Å². The molecule has 1 fully saturated rings. The third-order valence-corrected chi connectivity index (χ3v) is 3.18. The molecule has 3 nitrogen and oxygen atoms in total. The minimum atomic E-state index is 0.144. The van der Waals surface area contributed by atoms with Gasteiger partial charge >= 0.3 is 0 Å². The van der Waals surface area contributed by atoms with Crippen molar-refractivity contribution in [2.75, 3.05) is 19.0 Å². The van der Waals surface area contributed by atoms with Crippen molar-refractivity contribution in [2.45, 2.75) is 32.2 Å². The maximum Gasteiger partial charge on any atom is 0.223 e. The van der Waals surface area contributed by atoms with Crippen LogP contribution in [0.5, 0.6) is 0 Å². The Bertz CT molecular complexity index is 199. The number of carbonyl (C=O) groups excluding carboxylic acids is 1. The summed E-state index contributed by atoms with van der Waals surface area (Å²) >= 11 is 5.53. The molecular weight excluding hydrogens is 200 g/mol. The van der Waals surface area contributed by atoms with E-state index in [-0.39, 0.29) is 11.9 Å². The van der Waals surface area contributed by atoms with E-state index in [9.17, 15) is 4.79 Å². The van der Waals surface area contributed by atoms with Crippen LogP contribution < -0.4 is 5.73 Å². The van der Waals surface area contributed by atoms with Crippen LogP contribution in [0.4, 0.5) is 0 Å². The fourth-order valence-electron chi connectivity index (χ4n) is 2.00. The molecule has 0 aromatic heterocycles. The third-order valence-electron chi connectivity index (χ3n) is 2.99. The Balaban J connectivity index is 2.41. The maximum absolute atomic E-state index is 11.5. The second-order valence-corrected chi connectivity index (χ2v) is 4.28. The van der Waals surface area contributed by atoms with E-state index < -0.39 is 0 Å². The molecule has 0 radical (unpaired) electrons. The van der Waals surface area contributed by atoms with Crippen LogP contribution in [0.2, 0.25) is 0 Å². The van der Waals surface area contributed by atoms with Gasteiger partial charge in [-0.15, -0.1) is 11.6 Å². The number of likely N-dealkylation sites (tertiary alicyclic amines) is 1. The molecule has 1 amide bonds. The lowest BCUT2D eigenvalue weighted by Crippen LogP contribution is -2.50. The van der Waals surface area contributed by atoms with E-state index in [1.54, 1.807) is 0 Å². The van der Waals surface area contributed by atoms with Crippen LogP contribution in [0.3, 0.4) is 0 Å². The molecule has 2 N–H and O–H groups in total. The Labute approximate surface area is 90.6 Å². The second-order valence-electron chi connectivity index (χ2n) is 3.90. The lowest BCUT2D eigenvalue weighted by atomic mass is 9.90. The van der Waals surface area contributed by atoms with Crippen LogP contribution in [0.1, 0.15) is 26.2 Å². The molecule has 0 spiro atoms. The quantitative estimate of drug-likeness (QED) is 0.724. The number of carbonyl (C=O) groups is 1. The van der Waals surface area contributed by atoms with E-state index in [0.717, 1.165) is 19.4 Å². The van der Waals surface area contributed by atoms with Crippen molar-refractivity contribution in [3.05, 3.63) is 0 Å². The van der Waals surface area contributed by atoms with E-state index in [0.29, 0.717) is 24.8 Å². The number of rotatable bonds is 3. The van der Waals surface area contributed by atoms with Crippen molar-refractivity contribution in [3.8, 4) is 0 Å². The minimum Gasteiger partial charge on any atom is -0.341 e. The van der Waals surface area contributed by atoms with Gasteiger partial charge in [-0.3, -0.25) is 4.79 Å². The molecule has 4 heteroatoms. The van der Waals surface area contributed by atoms with Gasteiger partial charge in [-0.2, -0.15) is 0 Å². The smallest absolute Gasteiger partial charge is 0.223 e. The van der Waals surface area contributed by atoms with Crippen molar-refractivity contribution < 1.29 is 4.79 Å². The normalized spacial score (nSPS) is 27.8. The van der Waals surface area contributed by atoms with Crippen LogP contribution in [0.15, 0.2) is 0 Å². The van der Waals surface area contributed by atoms with Gasteiger partial charge in [0, 0.05) is 31.4 Å². The summed E-state index contributed by atoms with van der Waals surface area (Å²) in [5, 5.41) is 0. The van der Waals surface area contributed by atoms with E-state index in [1.807, 2.05) is 4.90 Å². The Morgan fingerprint density at radius 1 is 1.64 bits per heavy atom. The van der Waals surface area contributed by atoms with Crippen molar-refractivity contribution in [2.24, 2.45) is 11.7 Å². The highest BCUT2D eigenvalue weighted by molar-refractivity contribution is 6.18. The molecule has 1 aliphatic rings. The summed E-state index contributed by atoms with van der Waals surface area (Å²) in [5.41, 5.74) is 5.99. The van der Waals surface area contributed by atoms with E-state index in [4.69, 9.17) is 17.3 Å². The summed E-state index contributed by atoms with van der Waals surface area (Å²) in [7, 11) is 0. The summed E-state index contributed by atoms with van der Waals surface area (Å²) in [6, 6.07) is 0.146. The molecule has 0 aromatic rings. The molecule has 0 saturated carbocycles. The largest absolute Gasteiger partial charge is 0.341 e. The van der Waals surface area contributed by atoms with Crippen LogP contribution >= 0.6 is 11.6 Å². The zero-order chi connectivity index (χ0) is 10.6. The summed E-state index contributed by atoms with van der Waals surface area (Å²) < 4.78 is 0. The maximum atomic E-state index is 11.5. The standard InChI is InChI=1S/C10H19ClN2O/c1-2-8-4-6-13(7-9(8)12)10(14)3-5-11/h8-9H,2-7,12H2,1H3. The second kappa shape index (κ2) is 5.56. The van der Waals surface area contributed by atoms with Gasteiger partial charge in [0.2, 0.25) is 5.91 Å². The minimum absolute atomic E-state index is 0.144. The summed E-state index contributed by atoms with van der Waals surface area (Å²) in [5.74, 6) is 1.13. The summed E-state index contributed by atoms with van der Waals surface area (Å²) in [6.45, 7) is 3.71. The zero-order valence-corrected chi connectivity index (χ0v) is 9.46. The van der Waals surface area contributed by atoms with Gasteiger partial charge in [-0.25, -0.2) is 0 Å². The van der Waals surface area contributed by atoms with Crippen LogP contribution in [-0.4, -0.2) is 35.8 Å². The molecule has 1 heterocycles. The Hall–Kier alpha value is -0.280. The molecule has 82 valence electrons. The molecule has 14 heavy (non-hydrogen) atoms. The van der Waals surface area contributed by atoms with E-state index in [2.05, 4.69) is 6.92 Å². The van der Waals surface area contributed by atoms with E-state index in [1.165, 1.54) is 0 Å². The topological polar surface area (TPSA) is 46.3 Å². The first-order valence-corrected chi connectivity index (χ1v) is 5.81. The fraction of sp³-hybridized carbons (Fsp3) is 0.900. The molecule has 2 unspecified atom stereocenters. The molecule has 1 rings (SSSR count). The average molecular weight is 219 g/mol. The van der Waals surface area contributed by atoms with Crippen molar-refractivity contribution in [3.63, 3.8) is 0 Å². The lowest BCUT2D eigenvalue weighted by molar-refractivity contribution is -0.132. The van der Waals surface area contributed by atoms with Gasteiger partial charge < -0.3 is 10.6 Å². The molecular formula is C10H19ClN2O. The summed E-state index contributed by atoms with van der Waals surface area (Å²) in [4.78, 5) is 13.4. The zero-order valence-electron chi connectivity index (χ0n) is 8.71.